The molecule has 0 spiro atoms. The highest BCUT2D eigenvalue weighted by molar-refractivity contribution is 6.83. The molecule has 1 aromatic rings. The quantitative estimate of drug-likeness (QED) is 0.344. The zero-order chi connectivity index (χ0) is 15.3. The highest BCUT2D eigenvalue weighted by Gasteiger charge is 2.08. The number of rotatable bonds is 3. The van der Waals surface area contributed by atoms with Crippen molar-refractivity contribution in [3.05, 3.63) is 28.8 Å². The molecule has 0 aliphatic rings. The van der Waals surface area contributed by atoms with E-state index in [1.54, 1.807) is 0 Å². The lowest BCUT2D eigenvalue weighted by Crippen LogP contribution is -2.16. The Labute approximate surface area is 137 Å². The van der Waals surface area contributed by atoms with Gasteiger partial charge in [-0.1, -0.05) is 25.6 Å². The predicted molar refractivity (Wildman–Crippen MR) is 99.8 cm³/mol. The average Bonchev–Trinajstić information content (AvgIpc) is 2.36. The number of nitrogens with zero attached hydrogens (tertiary/aromatic N) is 2. The van der Waals surface area contributed by atoms with Crippen LogP contribution in [0.2, 0.25) is 19.6 Å². The Balaban J connectivity index is 0.00000400. The molecular formula is C17H27ClN2Si. The van der Waals surface area contributed by atoms with Crippen molar-refractivity contribution < 1.29 is 0 Å². The van der Waals surface area contributed by atoms with E-state index < -0.39 is 8.07 Å². The van der Waals surface area contributed by atoms with E-state index in [9.17, 15) is 0 Å². The molecule has 0 amide bonds. The zero-order valence-electron chi connectivity index (χ0n) is 14.2. The number of benzene rings is 1. The standard InChI is InChI=1S/C17H26N2Si.ClH/c1-8-19(4)13-18-17-12-14(2)16(11-15(17)3)9-10-20(5,6)7;/h11-13H,8H2,1-7H3;1H. The molecule has 0 aliphatic carbocycles. The monoisotopic (exact) mass is 322 g/mol. The molecule has 1 aromatic carbocycles. The van der Waals surface area contributed by atoms with Crippen LogP contribution in [0.5, 0.6) is 0 Å². The molecule has 116 valence electrons. The minimum atomic E-state index is -1.33. The Hall–Kier alpha value is -1.24. The Bertz CT molecular complexity index is 563. The molecule has 0 aliphatic heterocycles. The predicted octanol–water partition coefficient (Wildman–Crippen LogP) is 4.57. The smallest absolute Gasteiger partial charge is 0.129 e. The van der Waals surface area contributed by atoms with E-state index in [0.29, 0.717) is 0 Å². The van der Waals surface area contributed by atoms with Crippen LogP contribution in [0.25, 0.3) is 0 Å². The van der Waals surface area contributed by atoms with Gasteiger partial charge in [-0.05, 0) is 44.0 Å². The van der Waals surface area contributed by atoms with Crippen molar-refractivity contribution in [1.29, 1.82) is 0 Å². The minimum absolute atomic E-state index is 0. The van der Waals surface area contributed by atoms with Gasteiger partial charge in [-0.15, -0.1) is 18.0 Å². The number of halogens is 1. The van der Waals surface area contributed by atoms with Crippen molar-refractivity contribution in [3.63, 3.8) is 0 Å². The van der Waals surface area contributed by atoms with Crippen LogP contribution in [0.4, 0.5) is 5.69 Å². The van der Waals surface area contributed by atoms with Crippen LogP contribution in [0.15, 0.2) is 17.1 Å². The lowest BCUT2D eigenvalue weighted by atomic mass is 10.0. The van der Waals surface area contributed by atoms with Gasteiger partial charge in [0.05, 0.1) is 12.0 Å². The summed E-state index contributed by atoms with van der Waals surface area (Å²) in [5.74, 6) is 3.35. The van der Waals surface area contributed by atoms with E-state index in [-0.39, 0.29) is 12.4 Å². The van der Waals surface area contributed by atoms with Gasteiger partial charge >= 0.3 is 0 Å². The molecule has 0 N–H and O–H groups in total. The summed E-state index contributed by atoms with van der Waals surface area (Å²) in [5.41, 5.74) is 7.97. The first kappa shape index (κ1) is 19.8. The molecule has 0 saturated heterocycles. The fourth-order valence-electron chi connectivity index (χ4n) is 1.57. The third kappa shape index (κ3) is 6.84. The fraction of sp³-hybridized carbons (Fsp3) is 0.471. The lowest BCUT2D eigenvalue weighted by molar-refractivity contribution is 0.552. The van der Waals surface area contributed by atoms with Crippen molar-refractivity contribution in [2.24, 2.45) is 4.99 Å². The van der Waals surface area contributed by atoms with E-state index >= 15 is 0 Å². The second-order valence-corrected chi connectivity index (χ2v) is 11.0. The first-order chi connectivity index (χ1) is 9.23. The normalized spacial score (nSPS) is 10.8. The molecule has 0 saturated carbocycles. The maximum Gasteiger partial charge on any atom is 0.129 e. The molecular weight excluding hydrogens is 296 g/mol. The van der Waals surface area contributed by atoms with Gasteiger partial charge < -0.3 is 4.90 Å². The molecule has 0 heterocycles. The molecule has 0 atom stereocenters. The van der Waals surface area contributed by atoms with Crippen molar-refractivity contribution in [1.82, 2.24) is 4.90 Å². The zero-order valence-corrected chi connectivity index (χ0v) is 16.1. The molecule has 21 heavy (non-hydrogen) atoms. The number of aryl methyl sites for hydroxylation is 2. The molecule has 4 heteroatoms. The largest absolute Gasteiger partial charge is 0.366 e. The maximum absolute atomic E-state index is 4.55. The number of aliphatic imine (C=N–C) groups is 1. The first-order valence-electron chi connectivity index (χ1n) is 7.12. The fourth-order valence-corrected chi connectivity index (χ4v) is 2.08. The summed E-state index contributed by atoms with van der Waals surface area (Å²) in [7, 11) is 0.701. The molecule has 0 unspecified atom stereocenters. The van der Waals surface area contributed by atoms with Crippen LogP contribution >= 0.6 is 12.4 Å². The van der Waals surface area contributed by atoms with Crippen molar-refractivity contribution in [3.8, 4) is 11.5 Å². The Morgan fingerprint density at radius 3 is 2.33 bits per heavy atom. The molecule has 1 rings (SSSR count). The van der Waals surface area contributed by atoms with Crippen molar-refractivity contribution in [2.45, 2.75) is 40.4 Å². The van der Waals surface area contributed by atoms with Gasteiger partial charge in [0.15, 0.2) is 0 Å². The van der Waals surface area contributed by atoms with Crippen LogP contribution < -0.4 is 0 Å². The van der Waals surface area contributed by atoms with Gasteiger partial charge in [-0.25, -0.2) is 4.99 Å². The molecule has 0 radical (unpaired) electrons. The van der Waals surface area contributed by atoms with Crippen LogP contribution in [0.1, 0.15) is 23.6 Å². The van der Waals surface area contributed by atoms with Crippen LogP contribution in [-0.4, -0.2) is 32.9 Å². The van der Waals surface area contributed by atoms with Gasteiger partial charge in [0, 0.05) is 19.2 Å². The van der Waals surface area contributed by atoms with Crippen LogP contribution in [0, 0.1) is 25.3 Å². The average molecular weight is 323 g/mol. The summed E-state index contributed by atoms with van der Waals surface area (Å²) >= 11 is 0. The van der Waals surface area contributed by atoms with Crippen molar-refractivity contribution >= 4 is 32.5 Å². The SMILES string of the molecule is CCN(C)C=Nc1cc(C)c(C#C[Si](C)(C)C)cc1C.Cl. The lowest BCUT2D eigenvalue weighted by Gasteiger charge is -2.10. The van der Waals surface area contributed by atoms with E-state index in [1.807, 2.05) is 13.4 Å². The molecule has 0 bridgehead atoms. The third-order valence-corrected chi connectivity index (χ3v) is 3.88. The highest BCUT2D eigenvalue weighted by atomic mass is 35.5. The summed E-state index contributed by atoms with van der Waals surface area (Å²) in [4.78, 5) is 6.61. The van der Waals surface area contributed by atoms with Crippen molar-refractivity contribution in [2.75, 3.05) is 13.6 Å². The Kier molecular flexibility index (Phi) is 7.77. The van der Waals surface area contributed by atoms with Gasteiger partial charge in [0.1, 0.15) is 8.07 Å². The topological polar surface area (TPSA) is 15.6 Å². The Morgan fingerprint density at radius 1 is 1.19 bits per heavy atom. The van der Waals surface area contributed by atoms with Crippen LogP contribution in [-0.2, 0) is 0 Å². The molecule has 0 fully saturated rings. The van der Waals surface area contributed by atoms with Gasteiger partial charge in [-0.3, -0.25) is 0 Å². The van der Waals surface area contributed by atoms with Gasteiger partial charge in [-0.2, -0.15) is 0 Å². The van der Waals surface area contributed by atoms with Gasteiger partial charge in [0.2, 0.25) is 0 Å². The minimum Gasteiger partial charge on any atom is -0.366 e. The summed E-state index contributed by atoms with van der Waals surface area (Å²) in [6, 6.07) is 4.28. The molecule has 0 aromatic heterocycles. The third-order valence-electron chi connectivity index (χ3n) is 3.01. The second-order valence-electron chi connectivity index (χ2n) is 6.27. The van der Waals surface area contributed by atoms with Gasteiger partial charge in [0.25, 0.3) is 0 Å². The summed E-state index contributed by atoms with van der Waals surface area (Å²) in [5, 5.41) is 0. The first-order valence-corrected chi connectivity index (χ1v) is 10.6. The summed E-state index contributed by atoms with van der Waals surface area (Å²) in [6.07, 6.45) is 1.88. The molecule has 2 nitrogen and oxygen atoms in total. The summed E-state index contributed by atoms with van der Waals surface area (Å²) in [6.45, 7) is 14.1. The summed E-state index contributed by atoms with van der Waals surface area (Å²) < 4.78 is 0. The second kappa shape index (κ2) is 8.26. The van der Waals surface area contributed by atoms with E-state index in [2.05, 4.69) is 73.9 Å². The number of hydrogen-bond acceptors (Lipinski definition) is 1. The maximum atomic E-state index is 4.55. The van der Waals surface area contributed by atoms with E-state index in [1.165, 1.54) is 11.1 Å². The van der Waals surface area contributed by atoms with Crippen LogP contribution in [0.3, 0.4) is 0 Å². The highest BCUT2D eigenvalue weighted by Crippen LogP contribution is 2.22. The number of hydrogen-bond donors (Lipinski definition) is 0. The van der Waals surface area contributed by atoms with E-state index in [0.717, 1.165) is 17.8 Å². The van der Waals surface area contributed by atoms with E-state index in [4.69, 9.17) is 0 Å². The Morgan fingerprint density at radius 2 is 1.81 bits per heavy atom.